The van der Waals surface area contributed by atoms with Crippen LogP contribution in [0.25, 0.3) is 0 Å². The van der Waals surface area contributed by atoms with Gasteiger partial charge in [0.25, 0.3) is 0 Å². The summed E-state index contributed by atoms with van der Waals surface area (Å²) in [6.45, 7) is 7.12. The summed E-state index contributed by atoms with van der Waals surface area (Å²) in [5, 5.41) is 9.98. The van der Waals surface area contributed by atoms with Gasteiger partial charge in [0.2, 0.25) is 0 Å². The van der Waals surface area contributed by atoms with Crippen molar-refractivity contribution in [3.05, 3.63) is 65.5 Å². The highest BCUT2D eigenvalue weighted by molar-refractivity contribution is 5.68. The first kappa shape index (κ1) is 13.6. The van der Waals surface area contributed by atoms with Crippen molar-refractivity contribution >= 4 is 11.4 Å². The van der Waals surface area contributed by atoms with Crippen LogP contribution in [0.1, 0.15) is 16.7 Å². The Hall–Kier alpha value is -2.42. The van der Waals surface area contributed by atoms with E-state index in [1.165, 1.54) is 22.4 Å². The fourth-order valence-electron chi connectivity index (χ4n) is 3.05. The average molecular weight is 280 g/mol. The van der Waals surface area contributed by atoms with Crippen molar-refractivity contribution in [1.82, 2.24) is 0 Å². The van der Waals surface area contributed by atoms with E-state index in [2.05, 4.69) is 44.0 Å². The lowest BCUT2D eigenvalue weighted by atomic mass is 10.0. The Kier molecular flexibility index (Phi) is 3.34. The zero-order chi connectivity index (χ0) is 15.0. The van der Waals surface area contributed by atoms with Gasteiger partial charge in [-0.3, -0.25) is 0 Å². The Bertz CT molecular complexity index is 683. The van der Waals surface area contributed by atoms with Crippen LogP contribution in [0.15, 0.2) is 48.8 Å². The van der Waals surface area contributed by atoms with Gasteiger partial charge in [-0.2, -0.15) is 0 Å². The summed E-state index contributed by atoms with van der Waals surface area (Å²) in [7, 11) is 0. The van der Waals surface area contributed by atoms with Gasteiger partial charge in [0.15, 0.2) is 0 Å². The highest BCUT2D eigenvalue weighted by atomic mass is 16.3. The molecule has 3 heteroatoms. The largest absolute Gasteiger partial charge is 0.506 e. The molecule has 0 aliphatic carbocycles. The fourth-order valence-corrected chi connectivity index (χ4v) is 3.05. The SMILES string of the molecule is Cc1cc(C)c(N2C=CN(c3ccccc3O)C2)c(C)c1. The summed E-state index contributed by atoms with van der Waals surface area (Å²) in [5.41, 5.74) is 5.91. The lowest BCUT2D eigenvalue weighted by Crippen LogP contribution is -2.25. The van der Waals surface area contributed by atoms with Gasteiger partial charge < -0.3 is 14.9 Å². The van der Waals surface area contributed by atoms with E-state index in [9.17, 15) is 5.11 Å². The standard InChI is InChI=1S/C18H20N2O/c1-13-10-14(2)18(15(3)11-13)20-9-8-19(12-20)16-6-4-5-7-17(16)21/h4-11,21H,12H2,1-3H3. The third-order valence-electron chi connectivity index (χ3n) is 3.85. The summed E-state index contributed by atoms with van der Waals surface area (Å²) in [6.07, 6.45) is 4.07. The van der Waals surface area contributed by atoms with Crippen LogP contribution in [0.4, 0.5) is 11.4 Å². The summed E-state index contributed by atoms with van der Waals surface area (Å²) in [4.78, 5) is 4.27. The Morgan fingerprint density at radius 3 is 2.19 bits per heavy atom. The molecule has 0 aromatic heterocycles. The Morgan fingerprint density at radius 2 is 1.52 bits per heavy atom. The molecule has 2 aromatic rings. The van der Waals surface area contributed by atoms with Crippen LogP contribution >= 0.6 is 0 Å². The predicted octanol–water partition coefficient (Wildman–Crippen LogP) is 4.07. The number of phenols is 1. The highest BCUT2D eigenvalue weighted by Gasteiger charge is 2.20. The van der Waals surface area contributed by atoms with Crippen LogP contribution in [0.3, 0.4) is 0 Å². The van der Waals surface area contributed by atoms with E-state index in [-0.39, 0.29) is 0 Å². The van der Waals surface area contributed by atoms with Crippen LogP contribution in [0.2, 0.25) is 0 Å². The zero-order valence-corrected chi connectivity index (χ0v) is 12.7. The number of benzene rings is 2. The molecule has 1 N–H and O–H groups in total. The Morgan fingerprint density at radius 1 is 0.905 bits per heavy atom. The number of para-hydroxylation sites is 2. The molecule has 0 bridgehead atoms. The van der Waals surface area contributed by atoms with Crippen molar-refractivity contribution < 1.29 is 5.11 Å². The van der Waals surface area contributed by atoms with E-state index in [0.717, 1.165) is 5.69 Å². The second-order valence-electron chi connectivity index (χ2n) is 5.62. The minimum atomic E-state index is 0.307. The molecule has 1 aliphatic rings. The molecule has 0 atom stereocenters. The van der Waals surface area contributed by atoms with Crippen LogP contribution < -0.4 is 9.80 Å². The van der Waals surface area contributed by atoms with Crippen molar-refractivity contribution in [2.45, 2.75) is 20.8 Å². The van der Waals surface area contributed by atoms with Crippen LogP contribution in [-0.4, -0.2) is 11.8 Å². The van der Waals surface area contributed by atoms with E-state index in [4.69, 9.17) is 0 Å². The predicted molar refractivity (Wildman–Crippen MR) is 87.7 cm³/mol. The van der Waals surface area contributed by atoms with Gasteiger partial charge >= 0.3 is 0 Å². The normalized spacial score (nSPS) is 14.0. The topological polar surface area (TPSA) is 26.7 Å². The van der Waals surface area contributed by atoms with E-state index in [0.29, 0.717) is 12.4 Å². The molecule has 0 saturated heterocycles. The lowest BCUT2D eigenvalue weighted by Gasteiger charge is -2.25. The van der Waals surface area contributed by atoms with Gasteiger partial charge in [-0.05, 0) is 44.0 Å². The molecule has 0 radical (unpaired) electrons. The summed E-state index contributed by atoms with van der Waals surface area (Å²) >= 11 is 0. The van der Waals surface area contributed by atoms with Crippen molar-refractivity contribution in [3.63, 3.8) is 0 Å². The van der Waals surface area contributed by atoms with Crippen LogP contribution in [-0.2, 0) is 0 Å². The van der Waals surface area contributed by atoms with Crippen molar-refractivity contribution in [2.24, 2.45) is 0 Å². The van der Waals surface area contributed by atoms with Gasteiger partial charge in [-0.1, -0.05) is 29.8 Å². The molecular formula is C18H20N2O. The van der Waals surface area contributed by atoms with Crippen LogP contribution in [0, 0.1) is 20.8 Å². The highest BCUT2D eigenvalue weighted by Crippen LogP contribution is 2.33. The fraction of sp³-hybridized carbons (Fsp3) is 0.222. The third kappa shape index (κ3) is 2.47. The Labute approximate surface area is 125 Å². The molecule has 2 aromatic carbocycles. The number of nitrogens with zero attached hydrogens (tertiary/aromatic N) is 2. The number of anilines is 2. The molecule has 0 amide bonds. The van der Waals surface area contributed by atoms with Gasteiger partial charge in [0.05, 0.1) is 12.4 Å². The Balaban J connectivity index is 1.89. The second kappa shape index (κ2) is 5.17. The molecule has 3 nitrogen and oxygen atoms in total. The second-order valence-corrected chi connectivity index (χ2v) is 5.62. The molecule has 21 heavy (non-hydrogen) atoms. The molecule has 1 heterocycles. The minimum Gasteiger partial charge on any atom is -0.506 e. The first-order valence-corrected chi connectivity index (χ1v) is 7.14. The van der Waals surface area contributed by atoms with Gasteiger partial charge in [0, 0.05) is 18.1 Å². The average Bonchev–Trinajstić information content (AvgIpc) is 2.87. The number of rotatable bonds is 2. The van der Waals surface area contributed by atoms with E-state index in [1.807, 2.05) is 29.3 Å². The zero-order valence-electron chi connectivity index (χ0n) is 12.7. The maximum Gasteiger partial charge on any atom is 0.139 e. The molecule has 0 fully saturated rings. The van der Waals surface area contributed by atoms with Gasteiger partial charge in [-0.15, -0.1) is 0 Å². The molecule has 0 spiro atoms. The molecule has 108 valence electrons. The molecule has 0 saturated carbocycles. The minimum absolute atomic E-state index is 0.307. The first-order valence-electron chi connectivity index (χ1n) is 7.14. The van der Waals surface area contributed by atoms with E-state index in [1.54, 1.807) is 6.07 Å². The lowest BCUT2D eigenvalue weighted by molar-refractivity contribution is 0.475. The molecule has 1 aliphatic heterocycles. The number of aromatic hydroxyl groups is 1. The number of aryl methyl sites for hydroxylation is 3. The van der Waals surface area contributed by atoms with Crippen molar-refractivity contribution in [1.29, 1.82) is 0 Å². The smallest absolute Gasteiger partial charge is 0.139 e. The number of hydrogen-bond donors (Lipinski definition) is 1. The summed E-state index contributed by atoms with van der Waals surface area (Å²) in [6, 6.07) is 11.8. The monoisotopic (exact) mass is 280 g/mol. The molecule has 3 rings (SSSR count). The maximum absolute atomic E-state index is 9.98. The summed E-state index contributed by atoms with van der Waals surface area (Å²) in [5.74, 6) is 0.307. The van der Waals surface area contributed by atoms with Crippen LogP contribution in [0.5, 0.6) is 5.75 Å². The number of hydrogen-bond acceptors (Lipinski definition) is 3. The van der Waals surface area contributed by atoms with Gasteiger partial charge in [0.1, 0.15) is 5.75 Å². The van der Waals surface area contributed by atoms with Crippen molar-refractivity contribution in [3.8, 4) is 5.75 Å². The van der Waals surface area contributed by atoms with Gasteiger partial charge in [-0.25, -0.2) is 0 Å². The van der Waals surface area contributed by atoms with E-state index < -0.39 is 0 Å². The maximum atomic E-state index is 9.98. The van der Waals surface area contributed by atoms with Crippen molar-refractivity contribution in [2.75, 3.05) is 16.5 Å². The third-order valence-corrected chi connectivity index (χ3v) is 3.85. The number of phenolic OH excluding ortho intramolecular Hbond substituents is 1. The molecule has 0 unspecified atom stereocenters. The first-order chi connectivity index (χ1) is 10.1. The summed E-state index contributed by atoms with van der Waals surface area (Å²) < 4.78 is 0. The molecular weight excluding hydrogens is 260 g/mol. The van der Waals surface area contributed by atoms with E-state index >= 15 is 0 Å². The quantitative estimate of drug-likeness (QED) is 0.898.